The summed E-state index contributed by atoms with van der Waals surface area (Å²) in [6, 6.07) is 0. The molecule has 0 fully saturated rings. The summed E-state index contributed by atoms with van der Waals surface area (Å²) >= 11 is 0. The number of carboxylic acid groups (broad SMARTS) is 1. The number of nitrogens with zero attached hydrogens (tertiary/aromatic N) is 1. The van der Waals surface area contributed by atoms with Crippen molar-refractivity contribution >= 4 is 17.9 Å². The SMILES string of the molecule is CC/C=C\C/C=C\C/C=C\C/C=C\C/C=C\CC(=O)OC(COC(=O)CCCCCCCCCCCCCCCCCC/C=C\C/C=C\C/C=C\CCCCCCC)COC(OCC[N+](C)(C)C)C(=O)[O-]. The molecule has 2 atom stereocenters. The first-order valence-corrected chi connectivity index (χ1v) is 28.4. The van der Waals surface area contributed by atoms with Gasteiger partial charge in [-0.2, -0.15) is 0 Å². The standard InChI is InChI=1S/C62H105NO8/c1-6-8-10-12-14-16-18-20-22-23-24-25-26-27-28-29-30-31-32-33-34-35-36-37-39-40-42-44-46-48-50-52-59(64)69-56-58(57-70-62(61(66)67)68-55-54-63(3,4)5)71-60(65)53-51-49-47-45-43-41-38-21-19-17-15-13-11-9-7-2/h9,11,15,17-18,20-21,23-24,26-27,38,43,45,49,51,58,62H,6-8,10,12-14,16,19,22,25,28-37,39-42,44,46-48,50,52-57H2,1-5H3/b11-9-,17-15-,20-18-,24-23-,27-26-,38-21-,45-43-,51-49-. The van der Waals surface area contributed by atoms with E-state index >= 15 is 0 Å². The summed E-state index contributed by atoms with van der Waals surface area (Å²) in [6.07, 6.45) is 67.9. The number of quaternary nitrogens is 1. The topological polar surface area (TPSA) is 111 Å². The summed E-state index contributed by atoms with van der Waals surface area (Å²) in [5.74, 6) is -2.46. The maximum absolute atomic E-state index is 12.7. The monoisotopic (exact) mass is 992 g/mol. The Hall–Kier alpha value is -3.79. The van der Waals surface area contributed by atoms with E-state index in [9.17, 15) is 19.5 Å². The fraction of sp³-hybridized carbons (Fsp3) is 0.694. The van der Waals surface area contributed by atoms with Gasteiger partial charge in [0.25, 0.3) is 0 Å². The number of esters is 2. The van der Waals surface area contributed by atoms with Crippen molar-refractivity contribution in [3.63, 3.8) is 0 Å². The molecule has 0 bridgehead atoms. The van der Waals surface area contributed by atoms with Crippen LogP contribution in [0.1, 0.15) is 219 Å². The molecule has 0 aliphatic carbocycles. The molecule has 0 aromatic heterocycles. The van der Waals surface area contributed by atoms with Gasteiger partial charge in [0, 0.05) is 6.42 Å². The number of unbranched alkanes of at least 4 members (excludes halogenated alkanes) is 21. The number of likely N-dealkylation sites (N-methyl/N-ethyl adjacent to an activating group) is 1. The predicted molar refractivity (Wildman–Crippen MR) is 297 cm³/mol. The van der Waals surface area contributed by atoms with Gasteiger partial charge in [-0.05, 0) is 77.0 Å². The van der Waals surface area contributed by atoms with Gasteiger partial charge in [-0.25, -0.2) is 0 Å². The molecule has 0 aliphatic rings. The molecule has 9 heteroatoms. The predicted octanol–water partition coefficient (Wildman–Crippen LogP) is 15.2. The van der Waals surface area contributed by atoms with Crippen molar-refractivity contribution in [1.82, 2.24) is 0 Å². The van der Waals surface area contributed by atoms with Crippen LogP contribution >= 0.6 is 0 Å². The zero-order valence-electron chi connectivity index (χ0n) is 46.1. The number of hydrogen-bond donors (Lipinski definition) is 0. The van der Waals surface area contributed by atoms with Gasteiger partial charge >= 0.3 is 11.9 Å². The molecule has 0 amide bonds. The summed E-state index contributed by atoms with van der Waals surface area (Å²) in [4.78, 5) is 37.1. The highest BCUT2D eigenvalue weighted by Crippen LogP contribution is 2.15. The molecule has 406 valence electrons. The van der Waals surface area contributed by atoms with E-state index in [-0.39, 0.29) is 38.6 Å². The molecule has 9 nitrogen and oxygen atoms in total. The number of ether oxygens (including phenoxy) is 4. The van der Waals surface area contributed by atoms with Gasteiger partial charge in [0.05, 0.1) is 46.7 Å². The van der Waals surface area contributed by atoms with Crippen molar-refractivity contribution in [2.75, 3.05) is 47.5 Å². The van der Waals surface area contributed by atoms with Crippen LogP contribution in [0.2, 0.25) is 0 Å². The van der Waals surface area contributed by atoms with E-state index in [0.717, 1.165) is 57.8 Å². The number of carbonyl (C=O) groups excluding carboxylic acids is 3. The number of aliphatic carboxylic acids is 1. The lowest BCUT2D eigenvalue weighted by molar-refractivity contribution is -0.870. The Labute approximate surface area is 435 Å². The molecule has 71 heavy (non-hydrogen) atoms. The number of allylic oxidation sites excluding steroid dienone is 15. The minimum Gasteiger partial charge on any atom is -0.545 e. The summed E-state index contributed by atoms with van der Waals surface area (Å²) in [5.41, 5.74) is 0. The molecule has 0 N–H and O–H groups in total. The highest BCUT2D eigenvalue weighted by molar-refractivity contribution is 5.71. The molecule has 0 heterocycles. The number of rotatable bonds is 51. The van der Waals surface area contributed by atoms with E-state index < -0.39 is 24.3 Å². The summed E-state index contributed by atoms with van der Waals surface area (Å²) in [5, 5.41) is 11.7. The molecule has 0 radical (unpaired) electrons. The summed E-state index contributed by atoms with van der Waals surface area (Å²) < 4.78 is 22.5. The van der Waals surface area contributed by atoms with E-state index in [4.69, 9.17) is 18.9 Å². The van der Waals surface area contributed by atoms with E-state index in [1.54, 1.807) is 6.08 Å². The van der Waals surface area contributed by atoms with Crippen molar-refractivity contribution < 1.29 is 42.9 Å². The van der Waals surface area contributed by atoms with Crippen molar-refractivity contribution in [1.29, 1.82) is 0 Å². The third kappa shape index (κ3) is 53.8. The van der Waals surface area contributed by atoms with E-state index in [0.29, 0.717) is 17.4 Å². The first-order valence-electron chi connectivity index (χ1n) is 28.4. The second kappa shape index (κ2) is 52.5. The molecule has 0 saturated heterocycles. The van der Waals surface area contributed by atoms with Crippen molar-refractivity contribution in [3.8, 4) is 0 Å². The highest BCUT2D eigenvalue weighted by atomic mass is 16.7. The van der Waals surface area contributed by atoms with E-state index in [1.165, 1.54) is 128 Å². The molecule has 0 aromatic carbocycles. The lowest BCUT2D eigenvalue weighted by Crippen LogP contribution is -2.44. The van der Waals surface area contributed by atoms with Crippen molar-refractivity contribution in [3.05, 3.63) is 97.2 Å². The maximum atomic E-state index is 12.7. The molecule has 0 saturated carbocycles. The maximum Gasteiger partial charge on any atom is 0.310 e. The van der Waals surface area contributed by atoms with Crippen LogP contribution < -0.4 is 5.11 Å². The molecular weight excluding hydrogens is 887 g/mol. The van der Waals surface area contributed by atoms with Crippen LogP contribution in [0.3, 0.4) is 0 Å². The number of hydrogen-bond acceptors (Lipinski definition) is 8. The van der Waals surface area contributed by atoms with Gasteiger partial charge in [0.2, 0.25) is 0 Å². The fourth-order valence-corrected chi connectivity index (χ4v) is 7.50. The Morgan fingerprint density at radius 2 is 0.845 bits per heavy atom. The van der Waals surface area contributed by atoms with Gasteiger partial charge in [-0.15, -0.1) is 0 Å². The lowest BCUT2D eigenvalue weighted by atomic mass is 10.0. The Balaban J connectivity index is 4.21. The third-order valence-corrected chi connectivity index (χ3v) is 11.8. The van der Waals surface area contributed by atoms with Crippen LogP contribution in [0.15, 0.2) is 97.2 Å². The minimum absolute atomic E-state index is 0.0119. The highest BCUT2D eigenvalue weighted by Gasteiger charge is 2.21. The Bertz CT molecular complexity index is 1480. The Morgan fingerprint density at radius 3 is 1.27 bits per heavy atom. The van der Waals surface area contributed by atoms with Gasteiger partial charge in [-0.1, -0.05) is 227 Å². The van der Waals surface area contributed by atoms with Crippen molar-refractivity contribution in [2.24, 2.45) is 0 Å². The Morgan fingerprint density at radius 1 is 0.451 bits per heavy atom. The molecule has 0 aromatic rings. The summed E-state index contributed by atoms with van der Waals surface area (Å²) in [6.45, 7) is 4.50. The minimum atomic E-state index is -1.65. The molecule has 0 aliphatic heterocycles. The fourth-order valence-electron chi connectivity index (χ4n) is 7.50. The summed E-state index contributed by atoms with van der Waals surface area (Å²) in [7, 11) is 5.88. The number of carbonyl (C=O) groups is 3. The van der Waals surface area contributed by atoms with E-state index in [2.05, 4.69) is 92.8 Å². The zero-order chi connectivity index (χ0) is 52.0. The average molecular weight is 993 g/mol. The molecule has 0 spiro atoms. The number of carboxylic acids is 1. The van der Waals surface area contributed by atoms with Gasteiger partial charge in [0.1, 0.15) is 13.2 Å². The quantitative estimate of drug-likeness (QED) is 0.0195. The van der Waals surface area contributed by atoms with Gasteiger partial charge in [-0.3, -0.25) is 9.59 Å². The smallest absolute Gasteiger partial charge is 0.310 e. The van der Waals surface area contributed by atoms with E-state index in [1.807, 2.05) is 33.3 Å². The Kier molecular flexibility index (Phi) is 49.7. The normalized spacial score (nSPS) is 13.5. The second-order valence-electron chi connectivity index (χ2n) is 19.9. The molecule has 2 unspecified atom stereocenters. The average Bonchev–Trinajstić information content (AvgIpc) is 3.34. The largest absolute Gasteiger partial charge is 0.545 e. The van der Waals surface area contributed by atoms with Crippen LogP contribution in [-0.2, 0) is 33.3 Å². The van der Waals surface area contributed by atoms with Gasteiger partial charge in [0.15, 0.2) is 12.4 Å². The van der Waals surface area contributed by atoms with Crippen LogP contribution in [0.5, 0.6) is 0 Å². The first-order chi connectivity index (χ1) is 34.6. The van der Waals surface area contributed by atoms with Crippen LogP contribution in [0, 0.1) is 0 Å². The van der Waals surface area contributed by atoms with Crippen LogP contribution in [-0.4, -0.2) is 82.3 Å². The van der Waals surface area contributed by atoms with Crippen LogP contribution in [0.4, 0.5) is 0 Å². The third-order valence-electron chi connectivity index (χ3n) is 11.8. The molecular formula is C62H105NO8. The second-order valence-corrected chi connectivity index (χ2v) is 19.9. The van der Waals surface area contributed by atoms with Gasteiger partial charge < -0.3 is 33.3 Å². The van der Waals surface area contributed by atoms with Crippen molar-refractivity contribution in [2.45, 2.75) is 232 Å². The molecule has 0 rings (SSSR count). The zero-order valence-corrected chi connectivity index (χ0v) is 46.1. The van der Waals surface area contributed by atoms with Crippen LogP contribution in [0.25, 0.3) is 0 Å². The lowest BCUT2D eigenvalue weighted by Gasteiger charge is -2.26. The first kappa shape index (κ1) is 67.2.